The van der Waals surface area contributed by atoms with E-state index in [-0.39, 0.29) is 0 Å². The van der Waals surface area contributed by atoms with Crippen LogP contribution in [-0.4, -0.2) is 0 Å². The van der Waals surface area contributed by atoms with E-state index in [0.29, 0.717) is 6.04 Å². The summed E-state index contributed by atoms with van der Waals surface area (Å²) in [5.41, 5.74) is 2.66. The van der Waals surface area contributed by atoms with Gasteiger partial charge in [-0.25, -0.2) is 0 Å². The fourth-order valence-electron chi connectivity index (χ4n) is 1.88. The highest BCUT2D eigenvalue weighted by Crippen LogP contribution is 2.17. The zero-order valence-electron chi connectivity index (χ0n) is 10.0. The van der Waals surface area contributed by atoms with Crippen molar-refractivity contribution in [3.63, 3.8) is 0 Å². The first-order valence-corrected chi connectivity index (χ1v) is 6.78. The second-order valence-electron chi connectivity index (χ2n) is 4.16. The summed E-state index contributed by atoms with van der Waals surface area (Å²) >= 11 is 2.18. The van der Waals surface area contributed by atoms with Gasteiger partial charge in [0, 0.05) is 6.04 Å². The first kappa shape index (κ1) is 12.6. The third kappa shape index (κ3) is 3.33. The van der Waals surface area contributed by atoms with E-state index in [0.717, 1.165) is 16.1 Å². The molecular formula is C14H16INO. The summed E-state index contributed by atoms with van der Waals surface area (Å²) in [6, 6.07) is 12.8. The predicted octanol–water partition coefficient (Wildman–Crippen LogP) is 4.04. The largest absolute Gasteiger partial charge is 0.454 e. The Morgan fingerprint density at radius 1 is 1.24 bits per heavy atom. The Balaban J connectivity index is 1.98. The Morgan fingerprint density at radius 3 is 2.65 bits per heavy atom. The van der Waals surface area contributed by atoms with E-state index in [9.17, 15) is 0 Å². The molecule has 1 atom stereocenters. The van der Waals surface area contributed by atoms with Gasteiger partial charge in [0.15, 0.2) is 3.77 Å². The molecule has 1 N–H and O–H groups in total. The maximum absolute atomic E-state index is 5.52. The number of halogens is 1. The molecule has 0 saturated heterocycles. The summed E-state index contributed by atoms with van der Waals surface area (Å²) in [7, 11) is 0. The summed E-state index contributed by atoms with van der Waals surface area (Å²) in [5.74, 6) is 0.981. The van der Waals surface area contributed by atoms with E-state index in [2.05, 4.69) is 66.0 Å². The number of furan rings is 1. The topological polar surface area (TPSA) is 25.2 Å². The van der Waals surface area contributed by atoms with Crippen LogP contribution in [0.4, 0.5) is 0 Å². The van der Waals surface area contributed by atoms with Gasteiger partial charge in [0.2, 0.25) is 0 Å². The van der Waals surface area contributed by atoms with Crippen LogP contribution in [0.1, 0.15) is 29.9 Å². The van der Waals surface area contributed by atoms with Gasteiger partial charge in [-0.05, 0) is 59.7 Å². The molecule has 2 nitrogen and oxygen atoms in total. The van der Waals surface area contributed by atoms with Gasteiger partial charge < -0.3 is 9.73 Å². The standard InChI is InChI=1S/C14H16INO/c1-10-5-3-4-6-13(10)11(2)16-9-12-7-8-14(15)17-12/h3-8,11,16H,9H2,1-2H3/t11-/m0/s1. The van der Waals surface area contributed by atoms with Crippen LogP contribution < -0.4 is 5.32 Å². The second kappa shape index (κ2) is 5.69. The highest BCUT2D eigenvalue weighted by molar-refractivity contribution is 14.1. The van der Waals surface area contributed by atoms with Crippen molar-refractivity contribution in [2.75, 3.05) is 0 Å². The average molecular weight is 341 g/mol. The normalized spacial score (nSPS) is 12.6. The highest BCUT2D eigenvalue weighted by atomic mass is 127. The van der Waals surface area contributed by atoms with E-state index in [4.69, 9.17) is 4.42 Å². The minimum atomic E-state index is 0.332. The maximum Gasteiger partial charge on any atom is 0.164 e. The van der Waals surface area contributed by atoms with Gasteiger partial charge in [0.1, 0.15) is 5.76 Å². The van der Waals surface area contributed by atoms with Crippen molar-refractivity contribution in [2.24, 2.45) is 0 Å². The molecule has 0 bridgehead atoms. The Bertz CT molecular complexity index is 492. The van der Waals surface area contributed by atoms with Crippen molar-refractivity contribution >= 4 is 22.6 Å². The molecule has 17 heavy (non-hydrogen) atoms. The van der Waals surface area contributed by atoms with E-state index in [1.54, 1.807) is 0 Å². The summed E-state index contributed by atoms with van der Waals surface area (Å²) in [6.45, 7) is 5.08. The van der Waals surface area contributed by atoms with Crippen molar-refractivity contribution < 1.29 is 4.42 Å². The molecule has 0 saturated carbocycles. The van der Waals surface area contributed by atoms with Gasteiger partial charge in [0.05, 0.1) is 6.54 Å². The molecule has 0 radical (unpaired) electrons. The van der Waals surface area contributed by atoms with Crippen molar-refractivity contribution in [2.45, 2.75) is 26.4 Å². The van der Waals surface area contributed by atoms with Crippen LogP contribution in [0, 0.1) is 10.7 Å². The van der Waals surface area contributed by atoms with Crippen LogP contribution in [-0.2, 0) is 6.54 Å². The molecule has 1 aromatic heterocycles. The Labute approximate surface area is 116 Å². The molecule has 1 aromatic carbocycles. The number of hydrogen-bond acceptors (Lipinski definition) is 2. The minimum absolute atomic E-state index is 0.332. The summed E-state index contributed by atoms with van der Waals surface area (Å²) < 4.78 is 6.46. The number of hydrogen-bond donors (Lipinski definition) is 1. The lowest BCUT2D eigenvalue weighted by atomic mass is 10.0. The van der Waals surface area contributed by atoms with Crippen LogP contribution in [0.15, 0.2) is 40.8 Å². The molecule has 90 valence electrons. The lowest BCUT2D eigenvalue weighted by molar-refractivity contribution is 0.444. The van der Waals surface area contributed by atoms with E-state index >= 15 is 0 Å². The minimum Gasteiger partial charge on any atom is -0.454 e. The number of aryl methyl sites for hydroxylation is 1. The van der Waals surface area contributed by atoms with Gasteiger partial charge in [-0.2, -0.15) is 0 Å². The lowest BCUT2D eigenvalue weighted by Gasteiger charge is -2.15. The summed E-state index contributed by atoms with van der Waals surface area (Å²) in [6.07, 6.45) is 0. The smallest absolute Gasteiger partial charge is 0.164 e. The van der Waals surface area contributed by atoms with Crippen molar-refractivity contribution in [1.82, 2.24) is 5.32 Å². The molecule has 0 fully saturated rings. The molecule has 1 heterocycles. The van der Waals surface area contributed by atoms with E-state index < -0.39 is 0 Å². The van der Waals surface area contributed by atoms with Gasteiger partial charge in [-0.15, -0.1) is 0 Å². The zero-order valence-corrected chi connectivity index (χ0v) is 12.2. The highest BCUT2D eigenvalue weighted by Gasteiger charge is 2.08. The Kier molecular flexibility index (Phi) is 4.23. The predicted molar refractivity (Wildman–Crippen MR) is 77.9 cm³/mol. The molecule has 0 unspecified atom stereocenters. The van der Waals surface area contributed by atoms with Crippen LogP contribution >= 0.6 is 22.6 Å². The molecule has 2 rings (SSSR count). The summed E-state index contributed by atoms with van der Waals surface area (Å²) in [5, 5.41) is 3.47. The third-order valence-electron chi connectivity index (χ3n) is 2.87. The van der Waals surface area contributed by atoms with E-state index in [1.165, 1.54) is 11.1 Å². The second-order valence-corrected chi connectivity index (χ2v) is 5.23. The average Bonchev–Trinajstić information content (AvgIpc) is 2.73. The van der Waals surface area contributed by atoms with Crippen LogP contribution in [0.5, 0.6) is 0 Å². The Morgan fingerprint density at radius 2 is 2.00 bits per heavy atom. The lowest BCUT2D eigenvalue weighted by Crippen LogP contribution is -2.18. The molecule has 0 aliphatic rings. The first-order valence-electron chi connectivity index (χ1n) is 5.70. The van der Waals surface area contributed by atoms with Crippen molar-refractivity contribution in [3.05, 3.63) is 57.1 Å². The quantitative estimate of drug-likeness (QED) is 0.849. The SMILES string of the molecule is Cc1ccccc1[C@H](C)NCc1ccc(I)o1. The van der Waals surface area contributed by atoms with Crippen LogP contribution in [0.3, 0.4) is 0 Å². The number of benzene rings is 1. The van der Waals surface area contributed by atoms with Gasteiger partial charge in [0.25, 0.3) is 0 Å². The number of nitrogens with one attached hydrogen (secondary N) is 1. The number of rotatable bonds is 4. The monoisotopic (exact) mass is 341 g/mol. The Hall–Kier alpha value is -0.810. The van der Waals surface area contributed by atoms with Crippen molar-refractivity contribution in [3.8, 4) is 0 Å². The molecule has 0 amide bonds. The molecule has 0 spiro atoms. The van der Waals surface area contributed by atoms with Gasteiger partial charge >= 0.3 is 0 Å². The zero-order chi connectivity index (χ0) is 12.3. The fourth-order valence-corrected chi connectivity index (χ4v) is 2.35. The van der Waals surface area contributed by atoms with Crippen molar-refractivity contribution in [1.29, 1.82) is 0 Å². The van der Waals surface area contributed by atoms with Crippen LogP contribution in [0.2, 0.25) is 0 Å². The third-order valence-corrected chi connectivity index (χ3v) is 3.45. The first-order chi connectivity index (χ1) is 8.16. The fraction of sp³-hybridized carbons (Fsp3) is 0.286. The summed E-state index contributed by atoms with van der Waals surface area (Å²) in [4.78, 5) is 0. The van der Waals surface area contributed by atoms with Crippen LogP contribution in [0.25, 0.3) is 0 Å². The molecule has 3 heteroatoms. The maximum atomic E-state index is 5.52. The van der Waals surface area contributed by atoms with E-state index in [1.807, 2.05) is 12.1 Å². The molecular weight excluding hydrogens is 325 g/mol. The molecule has 0 aliphatic carbocycles. The van der Waals surface area contributed by atoms with Gasteiger partial charge in [-0.1, -0.05) is 24.3 Å². The molecule has 2 aromatic rings. The van der Waals surface area contributed by atoms with Gasteiger partial charge in [-0.3, -0.25) is 0 Å². The molecule has 0 aliphatic heterocycles.